The lowest BCUT2D eigenvalue weighted by Gasteiger charge is -2.20. The Morgan fingerprint density at radius 3 is 2.63 bits per heavy atom. The molecule has 2 aromatic heterocycles. The van der Waals surface area contributed by atoms with E-state index in [2.05, 4.69) is 21.9 Å². The Balaban J connectivity index is 0.00000256. The molecular formula is C23H27ClN4O2. The lowest BCUT2D eigenvalue weighted by molar-refractivity contribution is 0.230. The van der Waals surface area contributed by atoms with E-state index in [-0.39, 0.29) is 18.0 Å². The smallest absolute Gasteiger partial charge is 0.273 e. The first-order valence-electron chi connectivity index (χ1n) is 10.2. The van der Waals surface area contributed by atoms with Crippen LogP contribution in [-0.4, -0.2) is 45.4 Å². The molecule has 1 atom stereocenters. The molecule has 0 N–H and O–H groups in total. The van der Waals surface area contributed by atoms with Gasteiger partial charge in [-0.1, -0.05) is 18.2 Å². The summed E-state index contributed by atoms with van der Waals surface area (Å²) in [6, 6.07) is 15.5. The third-order valence-corrected chi connectivity index (χ3v) is 5.40. The number of pyridine rings is 1. The fourth-order valence-electron chi connectivity index (χ4n) is 3.74. The second-order valence-electron chi connectivity index (χ2n) is 7.44. The van der Waals surface area contributed by atoms with Gasteiger partial charge in [-0.15, -0.1) is 12.4 Å². The number of likely N-dealkylation sites (tertiary alicyclic amines) is 1. The molecule has 6 nitrogen and oxygen atoms in total. The Morgan fingerprint density at radius 1 is 1.13 bits per heavy atom. The first-order chi connectivity index (χ1) is 14.2. The summed E-state index contributed by atoms with van der Waals surface area (Å²) in [4.78, 5) is 19.1. The van der Waals surface area contributed by atoms with Crippen LogP contribution in [0.25, 0.3) is 16.9 Å². The first kappa shape index (κ1) is 22.0. The number of nitrogens with zero attached hydrogens (tertiary/aromatic N) is 4. The Labute approximate surface area is 182 Å². The summed E-state index contributed by atoms with van der Waals surface area (Å²) in [6.07, 6.45) is 6.97. The Hall–Kier alpha value is -2.70. The predicted octanol–water partition coefficient (Wildman–Crippen LogP) is 3.97. The minimum absolute atomic E-state index is 0. The standard InChI is InChI=1S/C23H26N4O2.ClH/c1-18-6-4-13-26(18)14-5-15-29-21-10-8-19(9-11-21)20-16-23(28)27(25-17-20)22-7-2-3-12-24-22;/h2-3,7-12,16-18H,4-6,13-15H2,1H3;1H/t18-;/m0./s1. The van der Waals surface area contributed by atoms with Crippen LogP contribution in [0.1, 0.15) is 26.2 Å². The quantitative estimate of drug-likeness (QED) is 0.535. The Kier molecular flexibility index (Phi) is 7.60. The van der Waals surface area contributed by atoms with Crippen molar-refractivity contribution >= 4 is 12.4 Å². The van der Waals surface area contributed by atoms with Gasteiger partial charge in [-0.2, -0.15) is 9.78 Å². The second-order valence-corrected chi connectivity index (χ2v) is 7.44. The lowest BCUT2D eigenvalue weighted by atomic mass is 10.1. The summed E-state index contributed by atoms with van der Waals surface area (Å²) >= 11 is 0. The zero-order chi connectivity index (χ0) is 20.1. The molecule has 7 heteroatoms. The molecule has 1 aromatic carbocycles. The number of halogens is 1. The third-order valence-electron chi connectivity index (χ3n) is 5.40. The topological polar surface area (TPSA) is 60.2 Å². The Morgan fingerprint density at radius 2 is 1.97 bits per heavy atom. The van der Waals surface area contributed by atoms with Crippen molar-refractivity contribution in [2.75, 3.05) is 19.7 Å². The van der Waals surface area contributed by atoms with Crippen LogP contribution in [0.4, 0.5) is 0 Å². The van der Waals surface area contributed by atoms with Gasteiger partial charge in [-0.25, -0.2) is 4.98 Å². The highest BCUT2D eigenvalue weighted by Gasteiger charge is 2.19. The molecule has 0 bridgehead atoms. The number of aromatic nitrogens is 3. The number of rotatable bonds is 7. The lowest BCUT2D eigenvalue weighted by Crippen LogP contribution is -2.28. The minimum atomic E-state index is -0.210. The summed E-state index contributed by atoms with van der Waals surface area (Å²) in [5.74, 6) is 1.36. The largest absolute Gasteiger partial charge is 0.494 e. The number of benzene rings is 1. The van der Waals surface area contributed by atoms with E-state index in [1.807, 2.05) is 30.3 Å². The van der Waals surface area contributed by atoms with E-state index in [1.54, 1.807) is 30.6 Å². The fourth-order valence-corrected chi connectivity index (χ4v) is 3.74. The van der Waals surface area contributed by atoms with Crippen LogP contribution in [-0.2, 0) is 0 Å². The molecule has 3 aromatic rings. The van der Waals surface area contributed by atoms with Crippen LogP contribution in [0.2, 0.25) is 0 Å². The average Bonchev–Trinajstić information content (AvgIpc) is 3.17. The monoisotopic (exact) mass is 426 g/mol. The van der Waals surface area contributed by atoms with Crippen molar-refractivity contribution in [1.29, 1.82) is 0 Å². The summed E-state index contributed by atoms with van der Waals surface area (Å²) in [5.41, 5.74) is 1.50. The van der Waals surface area contributed by atoms with Crippen molar-refractivity contribution in [3.05, 3.63) is 71.3 Å². The van der Waals surface area contributed by atoms with Gasteiger partial charge in [0.15, 0.2) is 5.82 Å². The van der Waals surface area contributed by atoms with E-state index in [0.29, 0.717) is 18.5 Å². The molecule has 1 saturated heterocycles. The maximum Gasteiger partial charge on any atom is 0.273 e. The maximum absolute atomic E-state index is 12.4. The molecule has 0 unspecified atom stereocenters. The van der Waals surface area contributed by atoms with Crippen molar-refractivity contribution in [2.45, 2.75) is 32.2 Å². The highest BCUT2D eigenvalue weighted by atomic mass is 35.5. The van der Waals surface area contributed by atoms with Crippen molar-refractivity contribution in [3.63, 3.8) is 0 Å². The number of ether oxygens (including phenoxy) is 1. The minimum Gasteiger partial charge on any atom is -0.494 e. The van der Waals surface area contributed by atoms with Gasteiger partial charge in [-0.3, -0.25) is 4.79 Å². The molecule has 0 amide bonds. The van der Waals surface area contributed by atoms with Crippen LogP contribution in [0.5, 0.6) is 5.75 Å². The van der Waals surface area contributed by atoms with E-state index >= 15 is 0 Å². The van der Waals surface area contributed by atoms with Gasteiger partial charge in [0.1, 0.15) is 5.75 Å². The normalized spacial score (nSPS) is 16.2. The highest BCUT2D eigenvalue weighted by molar-refractivity contribution is 5.85. The maximum atomic E-state index is 12.4. The van der Waals surface area contributed by atoms with Crippen molar-refractivity contribution in [3.8, 4) is 22.7 Å². The SMILES string of the molecule is C[C@H]1CCCN1CCCOc1ccc(-c2cnn(-c3ccccn3)c(=O)c2)cc1.Cl. The Bertz CT molecular complexity index is 992. The molecule has 0 aliphatic carbocycles. The number of hydrogen-bond acceptors (Lipinski definition) is 5. The van der Waals surface area contributed by atoms with Crippen molar-refractivity contribution in [1.82, 2.24) is 19.7 Å². The van der Waals surface area contributed by atoms with Crippen molar-refractivity contribution < 1.29 is 4.74 Å². The van der Waals surface area contributed by atoms with Crippen LogP contribution in [0.3, 0.4) is 0 Å². The summed E-state index contributed by atoms with van der Waals surface area (Å²) in [5, 5.41) is 4.26. The van der Waals surface area contributed by atoms with Gasteiger partial charge < -0.3 is 9.64 Å². The first-order valence-corrected chi connectivity index (χ1v) is 10.2. The van der Waals surface area contributed by atoms with E-state index in [1.165, 1.54) is 24.1 Å². The van der Waals surface area contributed by atoms with E-state index < -0.39 is 0 Å². The number of hydrogen-bond donors (Lipinski definition) is 0. The molecule has 1 fully saturated rings. The van der Waals surface area contributed by atoms with Gasteiger partial charge in [0.05, 0.1) is 12.8 Å². The molecule has 0 saturated carbocycles. The van der Waals surface area contributed by atoms with Crippen LogP contribution >= 0.6 is 12.4 Å². The van der Waals surface area contributed by atoms with Gasteiger partial charge in [0.2, 0.25) is 0 Å². The molecule has 0 spiro atoms. The highest BCUT2D eigenvalue weighted by Crippen LogP contribution is 2.21. The van der Waals surface area contributed by atoms with E-state index in [0.717, 1.165) is 29.8 Å². The zero-order valence-electron chi connectivity index (χ0n) is 17.1. The predicted molar refractivity (Wildman–Crippen MR) is 121 cm³/mol. The van der Waals surface area contributed by atoms with Gasteiger partial charge in [0, 0.05) is 30.4 Å². The molecule has 3 heterocycles. The molecule has 158 valence electrons. The third kappa shape index (κ3) is 5.26. The fraction of sp³-hybridized carbons (Fsp3) is 0.348. The molecule has 30 heavy (non-hydrogen) atoms. The van der Waals surface area contributed by atoms with E-state index in [4.69, 9.17) is 4.74 Å². The van der Waals surface area contributed by atoms with Crippen molar-refractivity contribution in [2.24, 2.45) is 0 Å². The molecule has 1 aliphatic rings. The van der Waals surface area contributed by atoms with Gasteiger partial charge >= 0.3 is 0 Å². The molecule has 0 radical (unpaired) electrons. The van der Waals surface area contributed by atoms with Gasteiger partial charge in [-0.05, 0) is 62.6 Å². The van der Waals surface area contributed by atoms with Crippen LogP contribution in [0, 0.1) is 0 Å². The van der Waals surface area contributed by atoms with Gasteiger partial charge in [0.25, 0.3) is 5.56 Å². The zero-order valence-corrected chi connectivity index (χ0v) is 17.9. The second kappa shape index (κ2) is 10.4. The summed E-state index contributed by atoms with van der Waals surface area (Å²) in [6.45, 7) is 5.32. The molecule has 4 rings (SSSR count). The van der Waals surface area contributed by atoms with Crippen LogP contribution < -0.4 is 10.3 Å². The summed E-state index contributed by atoms with van der Waals surface area (Å²) in [7, 11) is 0. The average molecular weight is 427 g/mol. The molecule has 1 aliphatic heterocycles. The summed E-state index contributed by atoms with van der Waals surface area (Å²) < 4.78 is 7.17. The van der Waals surface area contributed by atoms with E-state index in [9.17, 15) is 4.79 Å². The van der Waals surface area contributed by atoms with Crippen LogP contribution in [0.15, 0.2) is 65.7 Å². The molecular weight excluding hydrogens is 400 g/mol.